The minimum absolute atomic E-state index is 0.00489. The van der Waals surface area contributed by atoms with E-state index in [1.54, 1.807) is 0 Å². The molecule has 23 heavy (non-hydrogen) atoms. The number of halogens is 1. The molecule has 2 rings (SSSR count). The molecule has 1 aliphatic heterocycles. The van der Waals surface area contributed by atoms with Gasteiger partial charge in [0.25, 0.3) is 0 Å². The molecule has 0 radical (unpaired) electrons. The minimum Gasteiger partial charge on any atom is -0.308 e. The number of benzene rings is 1. The van der Waals surface area contributed by atoms with Crippen LogP contribution in [0.25, 0.3) is 0 Å². The van der Waals surface area contributed by atoms with E-state index in [2.05, 4.69) is 0 Å². The van der Waals surface area contributed by atoms with E-state index in [0.29, 0.717) is 6.54 Å². The van der Waals surface area contributed by atoms with Gasteiger partial charge in [-0.1, -0.05) is 0 Å². The average Bonchev–Trinajstić information content (AvgIpc) is 2.79. The zero-order valence-electron chi connectivity index (χ0n) is 13.1. The Labute approximate surface area is 136 Å². The standard InChI is InChI=1S/C14H21FN2O4S2/c1-16(2)8-9-17(13-7-10-22(18,19)11-13)23(20,21)14-5-3-12(15)4-6-14/h3-6,13H,7-11H2,1-2H3/t13-/m1/s1. The molecule has 130 valence electrons. The summed E-state index contributed by atoms with van der Waals surface area (Å²) in [7, 11) is -3.45. The lowest BCUT2D eigenvalue weighted by Gasteiger charge is -2.28. The Morgan fingerprint density at radius 2 is 1.78 bits per heavy atom. The highest BCUT2D eigenvalue weighted by Crippen LogP contribution is 2.25. The first-order valence-corrected chi connectivity index (χ1v) is 10.5. The van der Waals surface area contributed by atoms with E-state index in [4.69, 9.17) is 0 Å². The van der Waals surface area contributed by atoms with Crippen LogP contribution in [-0.2, 0) is 19.9 Å². The smallest absolute Gasteiger partial charge is 0.243 e. The summed E-state index contributed by atoms with van der Waals surface area (Å²) in [5, 5.41) is 0. The molecular weight excluding hydrogens is 343 g/mol. The third-order valence-corrected chi connectivity index (χ3v) is 7.52. The maximum Gasteiger partial charge on any atom is 0.243 e. The zero-order valence-corrected chi connectivity index (χ0v) is 14.8. The molecular formula is C14H21FN2O4S2. The molecule has 1 aromatic rings. The van der Waals surface area contributed by atoms with E-state index in [0.717, 1.165) is 12.1 Å². The topological polar surface area (TPSA) is 74.8 Å². The van der Waals surface area contributed by atoms with Gasteiger partial charge in [0.2, 0.25) is 10.0 Å². The second-order valence-corrected chi connectivity index (χ2v) is 10.0. The van der Waals surface area contributed by atoms with Gasteiger partial charge < -0.3 is 4.90 Å². The van der Waals surface area contributed by atoms with Gasteiger partial charge in [0, 0.05) is 19.1 Å². The van der Waals surface area contributed by atoms with Crippen molar-refractivity contribution in [3.05, 3.63) is 30.1 Å². The summed E-state index contributed by atoms with van der Waals surface area (Å²) in [5.41, 5.74) is 0. The third kappa shape index (κ3) is 4.50. The Bertz CT molecular complexity index is 745. The van der Waals surface area contributed by atoms with E-state index >= 15 is 0 Å². The number of rotatable bonds is 6. The van der Waals surface area contributed by atoms with E-state index in [1.165, 1.54) is 16.4 Å². The normalized spacial score (nSPS) is 21.2. The van der Waals surface area contributed by atoms with Crippen LogP contribution < -0.4 is 0 Å². The Hall–Kier alpha value is -1.03. The third-order valence-electron chi connectivity index (χ3n) is 3.80. The van der Waals surface area contributed by atoms with Gasteiger partial charge in [0.15, 0.2) is 9.84 Å². The van der Waals surface area contributed by atoms with Gasteiger partial charge >= 0.3 is 0 Å². The van der Waals surface area contributed by atoms with Crippen molar-refractivity contribution in [2.75, 3.05) is 38.7 Å². The second kappa shape index (κ2) is 6.84. The van der Waals surface area contributed by atoms with Crippen molar-refractivity contribution in [1.82, 2.24) is 9.21 Å². The molecule has 1 aromatic carbocycles. The first-order chi connectivity index (χ1) is 10.6. The predicted octanol–water partition coefficient (Wildman–Crippen LogP) is 0.565. The fraction of sp³-hybridized carbons (Fsp3) is 0.571. The van der Waals surface area contributed by atoms with Crippen LogP contribution in [0.3, 0.4) is 0 Å². The van der Waals surface area contributed by atoms with E-state index in [1.807, 2.05) is 19.0 Å². The molecule has 1 heterocycles. The van der Waals surface area contributed by atoms with Crippen LogP contribution in [0.5, 0.6) is 0 Å². The van der Waals surface area contributed by atoms with Crippen LogP contribution in [0.1, 0.15) is 6.42 Å². The SMILES string of the molecule is CN(C)CCN([C@@H]1CCS(=O)(=O)C1)S(=O)(=O)c1ccc(F)cc1. The highest BCUT2D eigenvalue weighted by Gasteiger charge is 2.38. The van der Waals surface area contributed by atoms with Crippen LogP contribution in [0, 0.1) is 5.82 Å². The summed E-state index contributed by atoms with van der Waals surface area (Å²) in [6.45, 7) is 0.657. The summed E-state index contributed by atoms with van der Waals surface area (Å²) < 4.78 is 63.4. The van der Waals surface area contributed by atoms with Gasteiger partial charge in [-0.25, -0.2) is 21.2 Å². The largest absolute Gasteiger partial charge is 0.308 e. The molecule has 1 atom stereocenters. The zero-order chi connectivity index (χ0) is 17.3. The Balaban J connectivity index is 2.33. The lowest BCUT2D eigenvalue weighted by atomic mass is 10.2. The molecule has 0 saturated carbocycles. The average molecular weight is 364 g/mol. The molecule has 0 unspecified atom stereocenters. The Kier molecular flexibility index (Phi) is 5.44. The van der Waals surface area contributed by atoms with Gasteiger partial charge in [-0.05, 0) is 44.8 Å². The van der Waals surface area contributed by atoms with Crippen molar-refractivity contribution >= 4 is 19.9 Å². The molecule has 1 saturated heterocycles. The van der Waals surface area contributed by atoms with E-state index in [-0.39, 0.29) is 29.4 Å². The predicted molar refractivity (Wildman–Crippen MR) is 85.9 cm³/mol. The molecule has 9 heteroatoms. The van der Waals surface area contributed by atoms with Crippen molar-refractivity contribution in [3.63, 3.8) is 0 Å². The van der Waals surface area contributed by atoms with Crippen molar-refractivity contribution in [3.8, 4) is 0 Å². The van der Waals surface area contributed by atoms with Crippen LogP contribution in [-0.4, -0.2) is 70.8 Å². The quantitative estimate of drug-likeness (QED) is 0.738. The second-order valence-electron chi connectivity index (χ2n) is 5.93. The summed E-state index contributed by atoms with van der Waals surface area (Å²) in [6, 6.07) is 4.01. The maximum atomic E-state index is 13.0. The highest BCUT2D eigenvalue weighted by atomic mass is 32.2. The minimum atomic E-state index is -3.87. The Morgan fingerprint density at radius 3 is 2.26 bits per heavy atom. The van der Waals surface area contributed by atoms with Crippen molar-refractivity contribution in [2.24, 2.45) is 0 Å². The van der Waals surface area contributed by atoms with E-state index < -0.39 is 31.7 Å². The first-order valence-electron chi connectivity index (χ1n) is 7.24. The van der Waals surface area contributed by atoms with Crippen LogP contribution >= 0.6 is 0 Å². The number of sulfonamides is 1. The van der Waals surface area contributed by atoms with Crippen molar-refractivity contribution in [2.45, 2.75) is 17.4 Å². The number of sulfone groups is 1. The molecule has 6 nitrogen and oxygen atoms in total. The number of hydrogen-bond donors (Lipinski definition) is 0. The van der Waals surface area contributed by atoms with Crippen LogP contribution in [0.2, 0.25) is 0 Å². The van der Waals surface area contributed by atoms with Gasteiger partial charge in [-0.3, -0.25) is 0 Å². The molecule has 0 N–H and O–H groups in total. The van der Waals surface area contributed by atoms with Crippen molar-refractivity contribution in [1.29, 1.82) is 0 Å². The summed E-state index contributed by atoms with van der Waals surface area (Å²) in [5.74, 6) is -0.692. The summed E-state index contributed by atoms with van der Waals surface area (Å²) >= 11 is 0. The fourth-order valence-electron chi connectivity index (χ4n) is 2.54. The number of likely N-dealkylation sites (N-methyl/N-ethyl adjacent to an activating group) is 1. The Morgan fingerprint density at radius 1 is 1.17 bits per heavy atom. The van der Waals surface area contributed by atoms with Gasteiger partial charge in [0.1, 0.15) is 5.82 Å². The van der Waals surface area contributed by atoms with Gasteiger partial charge in [-0.15, -0.1) is 0 Å². The number of nitrogens with zero attached hydrogens (tertiary/aromatic N) is 2. The van der Waals surface area contributed by atoms with Crippen molar-refractivity contribution < 1.29 is 21.2 Å². The summed E-state index contributed by atoms with van der Waals surface area (Å²) in [4.78, 5) is 1.80. The number of hydrogen-bond acceptors (Lipinski definition) is 5. The molecule has 1 fully saturated rings. The van der Waals surface area contributed by atoms with Gasteiger partial charge in [0.05, 0.1) is 16.4 Å². The summed E-state index contributed by atoms with van der Waals surface area (Å²) in [6.07, 6.45) is 0.288. The van der Waals surface area contributed by atoms with E-state index in [9.17, 15) is 21.2 Å². The molecule has 0 amide bonds. The van der Waals surface area contributed by atoms with Gasteiger partial charge in [-0.2, -0.15) is 4.31 Å². The monoisotopic (exact) mass is 364 g/mol. The fourth-order valence-corrected chi connectivity index (χ4v) is 6.01. The molecule has 0 aliphatic carbocycles. The lowest BCUT2D eigenvalue weighted by molar-refractivity contribution is 0.293. The van der Waals surface area contributed by atoms with Crippen LogP contribution in [0.4, 0.5) is 4.39 Å². The first kappa shape index (κ1) is 18.3. The lowest BCUT2D eigenvalue weighted by Crippen LogP contribution is -2.44. The maximum absolute atomic E-state index is 13.0. The molecule has 0 aromatic heterocycles. The molecule has 1 aliphatic rings. The molecule has 0 bridgehead atoms. The molecule has 0 spiro atoms. The van der Waals surface area contributed by atoms with Crippen LogP contribution in [0.15, 0.2) is 29.2 Å². The highest BCUT2D eigenvalue weighted by molar-refractivity contribution is 7.92.